The van der Waals surface area contributed by atoms with Crippen molar-refractivity contribution in [2.75, 3.05) is 0 Å². The smallest absolute Gasteiger partial charge is 0.238 e. The molecule has 2 N–H and O–H groups in total. The quantitative estimate of drug-likeness (QED) is 0.532. The highest BCUT2D eigenvalue weighted by atomic mass is 32.2. The van der Waals surface area contributed by atoms with Crippen LogP contribution in [0.1, 0.15) is 44.0 Å². The van der Waals surface area contributed by atoms with Gasteiger partial charge in [-0.05, 0) is 55.2 Å². The first-order valence-electron chi connectivity index (χ1n) is 10.8. The molecule has 0 atom stereocenters. The van der Waals surface area contributed by atoms with E-state index in [4.69, 9.17) is 5.14 Å². The Balaban J connectivity index is 1.53. The van der Waals surface area contributed by atoms with Crippen LogP contribution < -0.4 is 5.14 Å². The number of benzene rings is 2. The first-order chi connectivity index (χ1) is 15.3. The van der Waals surface area contributed by atoms with Gasteiger partial charge in [0.2, 0.25) is 15.9 Å². The number of amides is 1. The average Bonchev–Trinajstić information content (AvgIpc) is 3.53. The van der Waals surface area contributed by atoms with Gasteiger partial charge in [0, 0.05) is 32.0 Å². The van der Waals surface area contributed by atoms with Gasteiger partial charge >= 0.3 is 0 Å². The molecule has 0 radical (unpaired) electrons. The summed E-state index contributed by atoms with van der Waals surface area (Å²) in [6.07, 6.45) is 3.59. The Morgan fingerprint density at radius 3 is 2.56 bits per heavy atom. The molecule has 0 spiro atoms. The zero-order valence-electron chi connectivity index (χ0n) is 18.0. The fraction of sp³-hybridized carbons (Fsp3) is 0.391. The number of hydrogen-bond acceptors (Lipinski definition) is 4. The molecule has 170 valence electrons. The largest absolute Gasteiger partial charge is 0.335 e. The van der Waals surface area contributed by atoms with E-state index in [1.807, 2.05) is 9.47 Å². The van der Waals surface area contributed by atoms with Crippen molar-refractivity contribution in [3.63, 3.8) is 0 Å². The molecule has 1 aromatic heterocycles. The van der Waals surface area contributed by atoms with Crippen molar-refractivity contribution in [1.82, 2.24) is 14.5 Å². The SMILES string of the molecule is CCCn1c(CCC(=O)N(Cc2ccc(F)cc2)C2CC2)nc2cc(S(N)(=O)=O)ccc21. The van der Waals surface area contributed by atoms with Gasteiger partial charge in [0.25, 0.3) is 0 Å². The van der Waals surface area contributed by atoms with Crippen LogP contribution in [0.3, 0.4) is 0 Å². The Hall–Kier alpha value is -2.78. The molecule has 1 fully saturated rings. The van der Waals surface area contributed by atoms with E-state index in [-0.39, 0.29) is 22.7 Å². The predicted molar refractivity (Wildman–Crippen MR) is 120 cm³/mol. The van der Waals surface area contributed by atoms with E-state index in [0.29, 0.717) is 24.9 Å². The van der Waals surface area contributed by atoms with Crippen LogP contribution >= 0.6 is 0 Å². The van der Waals surface area contributed by atoms with Gasteiger partial charge in [0.05, 0.1) is 15.9 Å². The van der Waals surface area contributed by atoms with Crippen molar-refractivity contribution in [3.05, 3.63) is 59.7 Å². The van der Waals surface area contributed by atoms with E-state index < -0.39 is 10.0 Å². The number of carbonyl (C=O) groups excluding carboxylic acids is 1. The third kappa shape index (κ3) is 4.99. The van der Waals surface area contributed by atoms with Gasteiger partial charge in [-0.2, -0.15) is 0 Å². The molecule has 1 aliphatic carbocycles. The first-order valence-corrected chi connectivity index (χ1v) is 12.4. The summed E-state index contributed by atoms with van der Waals surface area (Å²) in [5.74, 6) is 0.495. The highest BCUT2D eigenvalue weighted by molar-refractivity contribution is 7.89. The normalized spacial score (nSPS) is 14.1. The van der Waals surface area contributed by atoms with Crippen LogP contribution in [-0.2, 0) is 34.3 Å². The van der Waals surface area contributed by atoms with Crippen LogP contribution in [0.2, 0.25) is 0 Å². The van der Waals surface area contributed by atoms with Crippen molar-refractivity contribution in [1.29, 1.82) is 0 Å². The molecule has 0 unspecified atom stereocenters. The van der Waals surface area contributed by atoms with E-state index in [2.05, 4.69) is 11.9 Å². The molecule has 0 saturated heterocycles. The molecule has 9 heteroatoms. The van der Waals surface area contributed by atoms with E-state index in [1.54, 1.807) is 18.2 Å². The standard InChI is InChI=1S/C23H27FN4O3S/c1-2-13-27-21-10-9-19(32(25,30)31)14-20(21)26-22(27)11-12-23(29)28(18-7-8-18)15-16-3-5-17(24)6-4-16/h3-6,9-10,14,18H,2,7-8,11-13,15H2,1H3,(H2,25,30,31). The maximum atomic E-state index is 13.2. The van der Waals surface area contributed by atoms with Gasteiger partial charge in [0.15, 0.2) is 0 Å². The minimum Gasteiger partial charge on any atom is -0.335 e. The average molecular weight is 459 g/mol. The summed E-state index contributed by atoms with van der Waals surface area (Å²) in [5, 5.41) is 5.26. The molecule has 1 heterocycles. The summed E-state index contributed by atoms with van der Waals surface area (Å²) in [7, 11) is -3.82. The zero-order chi connectivity index (χ0) is 22.9. The number of carbonyl (C=O) groups is 1. The number of hydrogen-bond donors (Lipinski definition) is 1. The van der Waals surface area contributed by atoms with E-state index in [0.717, 1.165) is 42.7 Å². The maximum absolute atomic E-state index is 13.2. The molecule has 4 rings (SSSR count). The second kappa shape index (κ2) is 8.99. The van der Waals surface area contributed by atoms with Gasteiger partial charge in [-0.25, -0.2) is 22.9 Å². The van der Waals surface area contributed by atoms with Crippen molar-refractivity contribution >= 4 is 27.0 Å². The summed E-state index contributed by atoms with van der Waals surface area (Å²) >= 11 is 0. The van der Waals surface area contributed by atoms with Crippen molar-refractivity contribution in [2.45, 2.75) is 63.1 Å². The monoisotopic (exact) mass is 458 g/mol. The van der Waals surface area contributed by atoms with Crippen LogP contribution in [0.15, 0.2) is 47.4 Å². The van der Waals surface area contributed by atoms with Crippen LogP contribution in [0.5, 0.6) is 0 Å². The van der Waals surface area contributed by atoms with Gasteiger partial charge in [-0.1, -0.05) is 19.1 Å². The molecule has 1 saturated carbocycles. The van der Waals surface area contributed by atoms with Gasteiger partial charge in [0.1, 0.15) is 11.6 Å². The highest BCUT2D eigenvalue weighted by Gasteiger charge is 2.32. The number of rotatable bonds is 9. The highest BCUT2D eigenvalue weighted by Crippen LogP contribution is 2.29. The number of aryl methyl sites for hydroxylation is 2. The number of nitrogens with zero attached hydrogens (tertiary/aromatic N) is 3. The lowest BCUT2D eigenvalue weighted by atomic mass is 10.2. The molecule has 2 aromatic carbocycles. The van der Waals surface area contributed by atoms with E-state index in [1.165, 1.54) is 24.3 Å². The molecule has 1 aliphatic rings. The summed E-state index contributed by atoms with van der Waals surface area (Å²) in [6, 6.07) is 11.2. The first kappa shape index (κ1) is 22.4. The number of halogens is 1. The van der Waals surface area contributed by atoms with Crippen LogP contribution in [0, 0.1) is 5.82 Å². The third-order valence-electron chi connectivity index (χ3n) is 5.71. The van der Waals surface area contributed by atoms with Gasteiger partial charge < -0.3 is 9.47 Å². The molecule has 32 heavy (non-hydrogen) atoms. The predicted octanol–water partition coefficient (Wildman–Crippen LogP) is 3.36. The number of aromatic nitrogens is 2. The van der Waals surface area contributed by atoms with E-state index >= 15 is 0 Å². The molecule has 0 bridgehead atoms. The van der Waals surface area contributed by atoms with Gasteiger partial charge in [-0.3, -0.25) is 4.79 Å². The third-order valence-corrected chi connectivity index (χ3v) is 6.62. The molecular formula is C23H27FN4O3S. The minimum atomic E-state index is -3.82. The van der Waals surface area contributed by atoms with Gasteiger partial charge in [-0.15, -0.1) is 0 Å². The summed E-state index contributed by atoms with van der Waals surface area (Å²) < 4.78 is 38.6. The Morgan fingerprint density at radius 2 is 1.94 bits per heavy atom. The second-order valence-corrected chi connectivity index (χ2v) is 9.82. The summed E-state index contributed by atoms with van der Waals surface area (Å²) in [6.45, 7) is 3.24. The number of imidazole rings is 1. The zero-order valence-corrected chi connectivity index (χ0v) is 18.8. The number of fused-ring (bicyclic) bond motifs is 1. The van der Waals surface area contributed by atoms with Crippen LogP contribution in [0.4, 0.5) is 4.39 Å². The molecule has 7 nitrogen and oxygen atoms in total. The lowest BCUT2D eigenvalue weighted by Crippen LogP contribution is -2.33. The second-order valence-electron chi connectivity index (χ2n) is 8.25. The number of nitrogens with two attached hydrogens (primary N) is 1. The maximum Gasteiger partial charge on any atom is 0.238 e. The summed E-state index contributed by atoms with van der Waals surface area (Å²) in [5.41, 5.74) is 2.28. The lowest BCUT2D eigenvalue weighted by Gasteiger charge is -2.22. The lowest BCUT2D eigenvalue weighted by molar-refractivity contribution is -0.132. The van der Waals surface area contributed by atoms with E-state index in [9.17, 15) is 17.6 Å². The Labute approximate surface area is 187 Å². The summed E-state index contributed by atoms with van der Waals surface area (Å²) in [4.78, 5) is 19.6. The Kier molecular flexibility index (Phi) is 6.30. The molecule has 0 aliphatic heterocycles. The van der Waals surface area contributed by atoms with Crippen LogP contribution in [0.25, 0.3) is 11.0 Å². The van der Waals surface area contributed by atoms with Crippen molar-refractivity contribution < 1.29 is 17.6 Å². The number of sulfonamides is 1. The Bertz CT molecular complexity index is 1230. The fourth-order valence-corrected chi connectivity index (χ4v) is 4.49. The molecular weight excluding hydrogens is 431 g/mol. The molecule has 1 amide bonds. The minimum absolute atomic E-state index is 0.0213. The number of primary sulfonamides is 1. The topological polar surface area (TPSA) is 98.3 Å². The fourth-order valence-electron chi connectivity index (χ4n) is 3.96. The Morgan fingerprint density at radius 1 is 1.22 bits per heavy atom. The molecule has 3 aromatic rings. The van der Waals surface area contributed by atoms with Crippen molar-refractivity contribution in [2.24, 2.45) is 5.14 Å². The van der Waals surface area contributed by atoms with Crippen molar-refractivity contribution in [3.8, 4) is 0 Å². The van der Waals surface area contributed by atoms with Crippen LogP contribution in [-0.4, -0.2) is 34.8 Å².